The van der Waals surface area contributed by atoms with Crippen LogP contribution in [0.2, 0.25) is 0 Å². The Bertz CT molecular complexity index is 1770. The van der Waals surface area contributed by atoms with Gasteiger partial charge in [-0.25, -0.2) is 12.8 Å². The molecule has 45 heavy (non-hydrogen) atoms. The molecule has 0 radical (unpaired) electrons. The number of ether oxygens (including phenoxy) is 4. The second kappa shape index (κ2) is 14.3. The number of nitrogens with one attached hydrogen (secondary N) is 2. The third-order valence-electron chi connectivity index (χ3n) is 6.39. The number of rotatable bonds is 13. The van der Waals surface area contributed by atoms with Crippen molar-refractivity contribution < 1.29 is 36.6 Å². The summed E-state index contributed by atoms with van der Waals surface area (Å²) in [7, 11) is 0.146. The van der Waals surface area contributed by atoms with Gasteiger partial charge in [0.25, 0.3) is 5.91 Å². The first-order chi connectivity index (χ1) is 21.8. The van der Waals surface area contributed by atoms with Crippen molar-refractivity contribution in [2.75, 3.05) is 19.5 Å². The molecule has 0 atom stereocenters. The lowest BCUT2D eigenvalue weighted by atomic mass is 10.1. The Morgan fingerprint density at radius 1 is 0.867 bits per heavy atom. The Balaban J connectivity index is 1.50. The lowest BCUT2D eigenvalue weighted by molar-refractivity contribution is 0.101. The van der Waals surface area contributed by atoms with Crippen molar-refractivity contribution in [2.45, 2.75) is 19.0 Å². The van der Waals surface area contributed by atoms with Crippen molar-refractivity contribution in [1.29, 1.82) is 0 Å². The standard InChI is InChI=1S/C30H27FN6O7S/c1-41-21-8-3-18(4-9-21)15-43-29-27(28(38)33-24-12-7-20(13-23(24)31)25-14-32-37-36-25)30(35-26(34-29)17-45(39)40)44-16-19-5-10-22(42-2)11-6-19/h3-14,45H,15-17H2,1-2H3,(H,33,38)(H,32,36,37). The average Bonchev–Trinajstić information content (AvgIpc) is 3.59. The number of carbonyl (C=O) groups is 1. The highest BCUT2D eigenvalue weighted by Crippen LogP contribution is 2.30. The minimum Gasteiger partial charge on any atom is -0.497 e. The van der Waals surface area contributed by atoms with Gasteiger partial charge in [0.15, 0.2) is 11.4 Å². The number of benzene rings is 3. The van der Waals surface area contributed by atoms with Gasteiger partial charge < -0.3 is 24.3 Å². The van der Waals surface area contributed by atoms with Crippen molar-refractivity contribution in [1.82, 2.24) is 25.4 Å². The summed E-state index contributed by atoms with van der Waals surface area (Å²) in [5.41, 5.74) is 1.84. The summed E-state index contributed by atoms with van der Waals surface area (Å²) in [5, 5.41) is 12.6. The van der Waals surface area contributed by atoms with Crippen LogP contribution in [-0.4, -0.2) is 53.9 Å². The molecule has 5 aromatic rings. The number of methoxy groups -OCH3 is 2. The first kappa shape index (κ1) is 30.9. The van der Waals surface area contributed by atoms with E-state index in [9.17, 15) is 13.2 Å². The van der Waals surface area contributed by atoms with Crippen LogP contribution in [-0.2, 0) is 29.7 Å². The van der Waals surface area contributed by atoms with Crippen LogP contribution in [0.25, 0.3) is 11.3 Å². The minimum absolute atomic E-state index is 0.0527. The minimum atomic E-state index is -2.93. The van der Waals surface area contributed by atoms with Gasteiger partial charge in [-0.1, -0.05) is 35.5 Å². The van der Waals surface area contributed by atoms with Crippen molar-refractivity contribution in [3.63, 3.8) is 0 Å². The van der Waals surface area contributed by atoms with Gasteiger partial charge in [-0.3, -0.25) is 9.89 Å². The largest absolute Gasteiger partial charge is 0.497 e. The molecule has 1 amide bonds. The van der Waals surface area contributed by atoms with Gasteiger partial charge in [0.05, 0.1) is 19.9 Å². The summed E-state index contributed by atoms with van der Waals surface area (Å²) < 4.78 is 60.6. The third-order valence-corrected chi connectivity index (χ3v) is 6.93. The van der Waals surface area contributed by atoms with E-state index in [1.165, 1.54) is 32.5 Å². The summed E-state index contributed by atoms with van der Waals surface area (Å²) in [5.74, 6) is -1.53. The van der Waals surface area contributed by atoms with Gasteiger partial charge in [0.2, 0.25) is 11.8 Å². The molecule has 232 valence electrons. The van der Waals surface area contributed by atoms with Crippen LogP contribution in [0.3, 0.4) is 0 Å². The van der Waals surface area contributed by atoms with Crippen LogP contribution >= 0.6 is 0 Å². The fraction of sp³-hybridized carbons (Fsp3) is 0.167. The second-order valence-electron chi connectivity index (χ2n) is 9.40. The van der Waals surface area contributed by atoms with Crippen LogP contribution in [0.1, 0.15) is 27.3 Å². The van der Waals surface area contributed by atoms with E-state index < -0.39 is 28.2 Å². The number of halogens is 1. The number of nitrogens with zero attached hydrogens (tertiary/aromatic N) is 4. The highest BCUT2D eigenvalue weighted by atomic mass is 32.2. The van der Waals surface area contributed by atoms with Crippen molar-refractivity contribution in [3.8, 4) is 34.5 Å². The van der Waals surface area contributed by atoms with E-state index in [0.717, 1.165) is 0 Å². The first-order valence-electron chi connectivity index (χ1n) is 13.3. The number of thiol groups is 1. The van der Waals surface area contributed by atoms with E-state index in [4.69, 9.17) is 18.9 Å². The topological polar surface area (TPSA) is 168 Å². The third kappa shape index (κ3) is 7.88. The summed E-state index contributed by atoms with van der Waals surface area (Å²) in [6.45, 7) is -0.105. The Morgan fingerprint density at radius 3 is 1.91 bits per heavy atom. The van der Waals surface area contributed by atoms with E-state index >= 15 is 4.39 Å². The highest BCUT2D eigenvalue weighted by molar-refractivity contribution is 7.71. The van der Waals surface area contributed by atoms with Crippen LogP contribution in [0.15, 0.2) is 72.9 Å². The zero-order chi connectivity index (χ0) is 31.8. The Morgan fingerprint density at radius 2 is 1.44 bits per heavy atom. The summed E-state index contributed by atoms with van der Waals surface area (Å²) in [4.78, 5) is 22.2. The Kier molecular flexibility index (Phi) is 9.79. The van der Waals surface area contributed by atoms with Crippen molar-refractivity contribution in [3.05, 3.63) is 101 Å². The quantitative estimate of drug-likeness (QED) is 0.161. The molecule has 0 bridgehead atoms. The molecule has 0 spiro atoms. The van der Waals surface area contributed by atoms with Crippen molar-refractivity contribution in [2.24, 2.45) is 0 Å². The lowest BCUT2D eigenvalue weighted by Gasteiger charge is -2.16. The van der Waals surface area contributed by atoms with Crippen molar-refractivity contribution >= 4 is 22.3 Å². The van der Waals surface area contributed by atoms with E-state index in [1.807, 2.05) is 0 Å². The molecular formula is C30H27FN6O7S. The molecule has 0 aliphatic rings. The predicted octanol–water partition coefficient (Wildman–Crippen LogP) is 3.94. The number of hydrogen-bond donors (Lipinski definition) is 3. The lowest BCUT2D eigenvalue weighted by Crippen LogP contribution is -2.19. The molecule has 0 saturated heterocycles. The molecule has 5 rings (SSSR count). The number of H-pyrrole nitrogens is 1. The summed E-state index contributed by atoms with van der Waals surface area (Å²) in [6.07, 6.45) is 1.50. The van der Waals surface area contributed by atoms with E-state index in [1.54, 1.807) is 54.6 Å². The monoisotopic (exact) mass is 634 g/mol. The van der Waals surface area contributed by atoms with Gasteiger partial charge in [-0.2, -0.15) is 9.97 Å². The number of aromatic nitrogens is 5. The molecule has 0 aliphatic heterocycles. The first-order valence-corrected chi connectivity index (χ1v) is 14.7. The molecular weight excluding hydrogens is 607 g/mol. The maximum atomic E-state index is 15.1. The number of aromatic amines is 1. The summed E-state index contributed by atoms with van der Waals surface area (Å²) in [6, 6.07) is 18.1. The maximum absolute atomic E-state index is 15.1. The molecule has 0 unspecified atom stereocenters. The molecule has 2 N–H and O–H groups in total. The molecule has 2 aromatic heterocycles. The normalized spacial score (nSPS) is 10.8. The number of carbonyl (C=O) groups excluding carboxylic acids is 1. The molecule has 0 saturated carbocycles. The SMILES string of the molecule is COc1ccc(COc2nc(C[SH](=O)=O)nc(OCc3ccc(OC)cc3)c2C(=O)Nc2ccc(-c3c[nH]nn3)cc2F)cc1. The fourth-order valence-electron chi connectivity index (χ4n) is 4.10. The van der Waals surface area contributed by atoms with Crippen LogP contribution in [0.5, 0.6) is 23.3 Å². The van der Waals surface area contributed by atoms with Gasteiger partial charge in [0, 0.05) is 11.8 Å². The molecule has 3 aromatic carbocycles. The van der Waals surface area contributed by atoms with Gasteiger partial charge >= 0.3 is 0 Å². The van der Waals surface area contributed by atoms with Gasteiger partial charge in [0.1, 0.15) is 52.7 Å². The maximum Gasteiger partial charge on any atom is 0.266 e. The van der Waals surface area contributed by atoms with Gasteiger partial charge in [-0.15, -0.1) is 5.10 Å². The molecule has 13 nitrogen and oxygen atoms in total. The number of hydrogen-bond acceptors (Lipinski definition) is 11. The van der Waals surface area contributed by atoms with Crippen LogP contribution in [0, 0.1) is 5.82 Å². The smallest absolute Gasteiger partial charge is 0.266 e. The van der Waals surface area contributed by atoms with E-state index in [-0.39, 0.29) is 42.0 Å². The van der Waals surface area contributed by atoms with Gasteiger partial charge in [-0.05, 0) is 47.5 Å². The van der Waals surface area contributed by atoms with E-state index in [2.05, 4.69) is 30.7 Å². The molecule has 0 aliphatic carbocycles. The molecule has 2 heterocycles. The zero-order valence-electron chi connectivity index (χ0n) is 24.0. The zero-order valence-corrected chi connectivity index (χ0v) is 24.9. The highest BCUT2D eigenvalue weighted by Gasteiger charge is 2.26. The fourth-order valence-corrected chi connectivity index (χ4v) is 4.47. The molecule has 15 heteroatoms. The average molecular weight is 635 g/mol. The Labute approximate surface area is 258 Å². The Hall–Kier alpha value is -5.57. The predicted molar refractivity (Wildman–Crippen MR) is 160 cm³/mol. The molecule has 0 fully saturated rings. The summed E-state index contributed by atoms with van der Waals surface area (Å²) >= 11 is 0. The van der Waals surface area contributed by atoms with E-state index in [0.29, 0.717) is 33.9 Å². The van der Waals surface area contributed by atoms with Crippen LogP contribution < -0.4 is 24.3 Å². The second-order valence-corrected chi connectivity index (χ2v) is 10.4. The van der Waals surface area contributed by atoms with Crippen LogP contribution in [0.4, 0.5) is 10.1 Å². The number of anilines is 1. The number of amides is 1.